The number of ether oxygens (including phenoxy) is 1. The van der Waals surface area contributed by atoms with E-state index in [1.54, 1.807) is 0 Å². The monoisotopic (exact) mass is 252 g/mol. The molecule has 4 N–H and O–H groups in total. The van der Waals surface area contributed by atoms with Gasteiger partial charge in [-0.1, -0.05) is 19.9 Å². The molecular weight excluding hydrogens is 228 g/mol. The number of nitrogens with one attached hydrogen (secondary N) is 1. The second kappa shape index (κ2) is 5.96. The molecule has 0 bridgehead atoms. The molecule has 18 heavy (non-hydrogen) atoms. The molecule has 1 aromatic carbocycles. The fraction of sp³-hybridized carbons (Fsp3) is 0.571. The average Bonchev–Trinajstić information content (AvgIpc) is 2.30. The highest BCUT2D eigenvalue weighted by atomic mass is 16.5. The first-order chi connectivity index (χ1) is 8.35. The predicted octanol–water partition coefficient (Wildman–Crippen LogP) is 2.49. The number of nitrogen functional groups attached to an aromatic ring is 1. The Morgan fingerprint density at radius 2 is 2.06 bits per heavy atom. The van der Waals surface area contributed by atoms with Crippen molar-refractivity contribution in [2.75, 3.05) is 24.2 Å². The number of hydrogen-bond donors (Lipinski definition) is 3. The highest BCUT2D eigenvalue weighted by Gasteiger charge is 2.17. The first-order valence-electron chi connectivity index (χ1n) is 6.25. The Morgan fingerprint density at radius 1 is 1.39 bits per heavy atom. The van der Waals surface area contributed by atoms with Crippen molar-refractivity contribution >= 4 is 11.4 Å². The van der Waals surface area contributed by atoms with Crippen LogP contribution in [0.5, 0.6) is 5.75 Å². The molecule has 102 valence electrons. The number of para-hydroxylation sites is 1. The van der Waals surface area contributed by atoms with Crippen molar-refractivity contribution in [1.29, 1.82) is 0 Å². The second-order valence-corrected chi connectivity index (χ2v) is 5.56. The number of aliphatic hydroxyl groups is 1. The van der Waals surface area contributed by atoms with Crippen LogP contribution in [0.25, 0.3) is 0 Å². The SMILES string of the molecule is CC(C)Oc1cccc(NCC(C)(C)CO)c1N. The summed E-state index contributed by atoms with van der Waals surface area (Å²) in [5, 5.41) is 12.5. The highest BCUT2D eigenvalue weighted by Crippen LogP contribution is 2.30. The van der Waals surface area contributed by atoms with E-state index < -0.39 is 0 Å². The van der Waals surface area contributed by atoms with Crippen molar-refractivity contribution in [3.8, 4) is 5.75 Å². The largest absolute Gasteiger partial charge is 0.489 e. The Hall–Kier alpha value is -1.42. The van der Waals surface area contributed by atoms with E-state index >= 15 is 0 Å². The predicted molar refractivity (Wildman–Crippen MR) is 76.0 cm³/mol. The summed E-state index contributed by atoms with van der Waals surface area (Å²) < 4.78 is 5.63. The van der Waals surface area contributed by atoms with Crippen LogP contribution in [0, 0.1) is 5.41 Å². The zero-order valence-electron chi connectivity index (χ0n) is 11.7. The van der Waals surface area contributed by atoms with Crippen LogP contribution >= 0.6 is 0 Å². The van der Waals surface area contributed by atoms with Crippen molar-refractivity contribution in [3.05, 3.63) is 18.2 Å². The van der Waals surface area contributed by atoms with Gasteiger partial charge in [0.2, 0.25) is 0 Å². The number of aliphatic hydroxyl groups excluding tert-OH is 1. The van der Waals surface area contributed by atoms with E-state index in [2.05, 4.69) is 5.32 Å². The number of hydrogen-bond acceptors (Lipinski definition) is 4. The van der Waals surface area contributed by atoms with Gasteiger partial charge in [0, 0.05) is 18.6 Å². The maximum Gasteiger partial charge on any atom is 0.144 e. The minimum absolute atomic E-state index is 0.0939. The summed E-state index contributed by atoms with van der Waals surface area (Å²) in [4.78, 5) is 0. The lowest BCUT2D eigenvalue weighted by atomic mass is 9.95. The van der Waals surface area contributed by atoms with Gasteiger partial charge in [-0.25, -0.2) is 0 Å². The molecule has 0 aliphatic heterocycles. The van der Waals surface area contributed by atoms with Gasteiger partial charge in [0.1, 0.15) is 5.75 Å². The molecule has 0 saturated heterocycles. The first-order valence-corrected chi connectivity index (χ1v) is 6.25. The van der Waals surface area contributed by atoms with E-state index in [-0.39, 0.29) is 18.1 Å². The van der Waals surface area contributed by atoms with E-state index in [1.165, 1.54) is 0 Å². The molecule has 4 heteroatoms. The molecule has 0 unspecified atom stereocenters. The Balaban J connectivity index is 2.78. The Kier molecular flexibility index (Phi) is 4.84. The third-order valence-corrected chi connectivity index (χ3v) is 2.61. The lowest BCUT2D eigenvalue weighted by molar-refractivity contribution is 0.171. The van der Waals surface area contributed by atoms with Crippen LogP contribution in [-0.2, 0) is 0 Å². The van der Waals surface area contributed by atoms with E-state index in [4.69, 9.17) is 10.5 Å². The summed E-state index contributed by atoms with van der Waals surface area (Å²) in [7, 11) is 0. The van der Waals surface area contributed by atoms with Gasteiger partial charge >= 0.3 is 0 Å². The Morgan fingerprint density at radius 3 is 2.61 bits per heavy atom. The van der Waals surface area contributed by atoms with Crippen LogP contribution in [0.15, 0.2) is 18.2 Å². The van der Waals surface area contributed by atoms with Gasteiger partial charge in [-0.05, 0) is 26.0 Å². The van der Waals surface area contributed by atoms with Crippen LogP contribution in [0.3, 0.4) is 0 Å². The van der Waals surface area contributed by atoms with Crippen molar-refractivity contribution < 1.29 is 9.84 Å². The summed E-state index contributed by atoms with van der Waals surface area (Å²) in [6.45, 7) is 8.69. The fourth-order valence-electron chi connectivity index (χ4n) is 1.45. The molecule has 0 atom stereocenters. The van der Waals surface area contributed by atoms with Gasteiger partial charge in [0.25, 0.3) is 0 Å². The Labute approximate surface area is 109 Å². The normalized spacial score (nSPS) is 11.7. The van der Waals surface area contributed by atoms with Gasteiger partial charge in [-0.15, -0.1) is 0 Å². The molecule has 0 aliphatic carbocycles. The van der Waals surface area contributed by atoms with E-state index in [0.717, 1.165) is 5.69 Å². The topological polar surface area (TPSA) is 67.5 Å². The lowest BCUT2D eigenvalue weighted by Crippen LogP contribution is -2.27. The third-order valence-electron chi connectivity index (χ3n) is 2.61. The molecule has 0 aliphatic rings. The molecule has 0 fully saturated rings. The molecule has 0 saturated carbocycles. The van der Waals surface area contributed by atoms with Gasteiger partial charge in [0.05, 0.1) is 17.5 Å². The number of nitrogens with two attached hydrogens (primary N) is 1. The van der Waals surface area contributed by atoms with Crippen molar-refractivity contribution in [2.45, 2.75) is 33.8 Å². The minimum atomic E-state index is -0.179. The maximum atomic E-state index is 9.22. The number of rotatable bonds is 6. The fourth-order valence-corrected chi connectivity index (χ4v) is 1.45. The van der Waals surface area contributed by atoms with Gasteiger partial charge < -0.3 is 20.9 Å². The van der Waals surface area contributed by atoms with Crippen molar-refractivity contribution in [2.24, 2.45) is 5.41 Å². The molecule has 0 heterocycles. The second-order valence-electron chi connectivity index (χ2n) is 5.56. The van der Waals surface area contributed by atoms with Crippen LogP contribution < -0.4 is 15.8 Å². The van der Waals surface area contributed by atoms with Crippen molar-refractivity contribution in [3.63, 3.8) is 0 Å². The maximum absolute atomic E-state index is 9.22. The van der Waals surface area contributed by atoms with Crippen LogP contribution in [0.1, 0.15) is 27.7 Å². The van der Waals surface area contributed by atoms with E-state index in [9.17, 15) is 5.11 Å². The minimum Gasteiger partial charge on any atom is -0.489 e. The summed E-state index contributed by atoms with van der Waals surface area (Å²) >= 11 is 0. The molecule has 4 nitrogen and oxygen atoms in total. The van der Waals surface area contributed by atoms with E-state index in [1.807, 2.05) is 45.9 Å². The first kappa shape index (κ1) is 14.6. The van der Waals surface area contributed by atoms with Gasteiger partial charge in [0.15, 0.2) is 0 Å². The molecule has 0 amide bonds. The van der Waals surface area contributed by atoms with E-state index in [0.29, 0.717) is 18.0 Å². The van der Waals surface area contributed by atoms with Gasteiger partial charge in [-0.2, -0.15) is 0 Å². The number of anilines is 2. The summed E-state index contributed by atoms with van der Waals surface area (Å²) in [6, 6.07) is 5.68. The van der Waals surface area contributed by atoms with Crippen molar-refractivity contribution in [1.82, 2.24) is 0 Å². The van der Waals surface area contributed by atoms with Crippen LogP contribution in [0.4, 0.5) is 11.4 Å². The molecule has 0 spiro atoms. The highest BCUT2D eigenvalue weighted by molar-refractivity contribution is 5.73. The zero-order valence-corrected chi connectivity index (χ0v) is 11.7. The lowest BCUT2D eigenvalue weighted by Gasteiger charge is -2.23. The Bertz CT molecular complexity index is 389. The van der Waals surface area contributed by atoms with Crippen LogP contribution in [-0.4, -0.2) is 24.4 Å². The standard InChI is InChI=1S/C14H24N2O2/c1-10(2)18-12-7-5-6-11(13(12)15)16-8-14(3,4)9-17/h5-7,10,16-17H,8-9,15H2,1-4H3. The smallest absolute Gasteiger partial charge is 0.144 e. The zero-order chi connectivity index (χ0) is 13.8. The van der Waals surface area contributed by atoms with Gasteiger partial charge in [-0.3, -0.25) is 0 Å². The average molecular weight is 252 g/mol. The van der Waals surface area contributed by atoms with Crippen LogP contribution in [0.2, 0.25) is 0 Å². The summed E-state index contributed by atoms with van der Waals surface area (Å²) in [5.41, 5.74) is 7.33. The summed E-state index contributed by atoms with van der Waals surface area (Å²) in [5.74, 6) is 0.691. The quantitative estimate of drug-likeness (QED) is 0.680. The molecular formula is C14H24N2O2. The molecule has 0 radical (unpaired) electrons. The summed E-state index contributed by atoms with van der Waals surface area (Å²) in [6.07, 6.45) is 0.0939. The molecule has 0 aromatic heterocycles. The number of benzene rings is 1. The molecule has 1 rings (SSSR count). The molecule has 1 aromatic rings. The third kappa shape index (κ3) is 4.11.